The Morgan fingerprint density at radius 3 is 2.44 bits per heavy atom. The number of fused-ring (bicyclic) bond motifs is 1. The molecule has 0 radical (unpaired) electrons. The van der Waals surface area contributed by atoms with Crippen molar-refractivity contribution in [2.45, 2.75) is 25.1 Å². The molecule has 1 aromatic heterocycles. The van der Waals surface area contributed by atoms with Crippen molar-refractivity contribution in [1.82, 2.24) is 15.6 Å². The lowest BCUT2D eigenvalue weighted by Gasteiger charge is -2.21. The van der Waals surface area contributed by atoms with Gasteiger partial charge in [-0.2, -0.15) is 12.6 Å². The number of aromatic nitrogens is 1. The van der Waals surface area contributed by atoms with Crippen LogP contribution in [0.15, 0.2) is 60.8 Å². The van der Waals surface area contributed by atoms with E-state index >= 15 is 0 Å². The Bertz CT molecular complexity index is 1070. The Hall–Kier alpha value is -3.46. The van der Waals surface area contributed by atoms with Gasteiger partial charge in [-0.25, -0.2) is 9.59 Å². The standard InChI is InChI=1S/C23H25N3O5S/c1-30-22(28)19(11-16-12-24-18-10-6-5-9-17(16)18)25-21(27)20(14-32)26-23(29)31-13-15-7-3-2-4-8-15/h2-10,12,19-20,24,32H,11,13-14H2,1H3,(H,25,27)(H,26,29)/t19-,20-/m0/s1. The Kier molecular flexibility index (Phi) is 8.15. The SMILES string of the molecule is COC(=O)[C@H](Cc1c[nH]c2ccccc12)NC(=O)[C@H](CS)NC(=O)OCc1ccccc1. The highest BCUT2D eigenvalue weighted by atomic mass is 32.1. The normalized spacial score (nSPS) is 12.6. The maximum absolute atomic E-state index is 12.8. The summed E-state index contributed by atoms with van der Waals surface area (Å²) in [7, 11) is 1.26. The monoisotopic (exact) mass is 455 g/mol. The van der Waals surface area contributed by atoms with Crippen molar-refractivity contribution in [3.8, 4) is 0 Å². The first-order valence-electron chi connectivity index (χ1n) is 10.0. The molecule has 0 saturated carbocycles. The van der Waals surface area contributed by atoms with Crippen LogP contribution in [-0.2, 0) is 32.1 Å². The van der Waals surface area contributed by atoms with Gasteiger partial charge in [-0.3, -0.25) is 4.79 Å². The van der Waals surface area contributed by atoms with E-state index in [1.54, 1.807) is 6.20 Å². The van der Waals surface area contributed by atoms with E-state index in [0.717, 1.165) is 22.0 Å². The van der Waals surface area contributed by atoms with E-state index in [9.17, 15) is 14.4 Å². The number of para-hydroxylation sites is 1. The molecule has 32 heavy (non-hydrogen) atoms. The maximum Gasteiger partial charge on any atom is 0.408 e. The molecule has 0 spiro atoms. The van der Waals surface area contributed by atoms with Gasteiger partial charge in [0.15, 0.2) is 0 Å². The third-order valence-corrected chi connectivity index (χ3v) is 5.27. The summed E-state index contributed by atoms with van der Waals surface area (Å²) in [5.41, 5.74) is 2.60. The number of hydrogen-bond donors (Lipinski definition) is 4. The maximum atomic E-state index is 12.8. The Morgan fingerprint density at radius 2 is 1.72 bits per heavy atom. The first kappa shape index (κ1) is 23.2. The molecule has 0 saturated heterocycles. The number of esters is 1. The molecule has 0 fully saturated rings. The van der Waals surface area contributed by atoms with Gasteiger partial charge in [0, 0.05) is 29.3 Å². The fourth-order valence-electron chi connectivity index (χ4n) is 3.23. The predicted molar refractivity (Wildman–Crippen MR) is 123 cm³/mol. The molecule has 8 nitrogen and oxygen atoms in total. The number of benzene rings is 2. The lowest BCUT2D eigenvalue weighted by Crippen LogP contribution is -2.53. The fraction of sp³-hybridized carbons (Fsp3) is 0.261. The van der Waals surface area contributed by atoms with Gasteiger partial charge >= 0.3 is 12.1 Å². The average molecular weight is 456 g/mol. The van der Waals surface area contributed by atoms with Crippen LogP contribution in [0.25, 0.3) is 10.9 Å². The molecule has 1 heterocycles. The molecule has 3 N–H and O–H groups in total. The largest absolute Gasteiger partial charge is 0.467 e. The van der Waals surface area contributed by atoms with Gasteiger partial charge in [-0.15, -0.1) is 0 Å². The third-order valence-electron chi connectivity index (χ3n) is 4.91. The summed E-state index contributed by atoms with van der Waals surface area (Å²) in [6.07, 6.45) is 1.26. The molecule has 0 unspecified atom stereocenters. The molecular weight excluding hydrogens is 430 g/mol. The Morgan fingerprint density at radius 1 is 1.00 bits per heavy atom. The van der Waals surface area contributed by atoms with Crippen molar-refractivity contribution in [2.24, 2.45) is 0 Å². The number of aromatic amines is 1. The summed E-state index contributed by atoms with van der Waals surface area (Å²) in [4.78, 5) is 40.4. The van der Waals surface area contributed by atoms with Gasteiger partial charge in [0.2, 0.25) is 5.91 Å². The van der Waals surface area contributed by atoms with Crippen LogP contribution in [0.5, 0.6) is 0 Å². The van der Waals surface area contributed by atoms with Crippen molar-refractivity contribution in [3.05, 3.63) is 71.9 Å². The quantitative estimate of drug-likeness (QED) is 0.293. The second kappa shape index (κ2) is 11.2. The van der Waals surface area contributed by atoms with Gasteiger partial charge in [0.1, 0.15) is 18.7 Å². The molecule has 2 atom stereocenters. The van der Waals surface area contributed by atoms with Crippen LogP contribution in [-0.4, -0.2) is 47.9 Å². The topological polar surface area (TPSA) is 110 Å². The molecule has 0 bridgehead atoms. The molecule has 2 aromatic carbocycles. The molecule has 2 amide bonds. The van der Waals surface area contributed by atoms with E-state index in [-0.39, 0.29) is 18.8 Å². The number of methoxy groups -OCH3 is 1. The average Bonchev–Trinajstić information content (AvgIpc) is 3.23. The van der Waals surface area contributed by atoms with Crippen molar-refractivity contribution < 1.29 is 23.9 Å². The zero-order valence-electron chi connectivity index (χ0n) is 17.5. The van der Waals surface area contributed by atoms with Crippen LogP contribution in [0.2, 0.25) is 0 Å². The van der Waals surface area contributed by atoms with E-state index in [1.165, 1.54) is 7.11 Å². The zero-order valence-corrected chi connectivity index (χ0v) is 18.4. The van der Waals surface area contributed by atoms with E-state index in [1.807, 2.05) is 54.6 Å². The van der Waals surface area contributed by atoms with E-state index in [2.05, 4.69) is 28.2 Å². The summed E-state index contributed by atoms with van der Waals surface area (Å²) in [6.45, 7) is 0.0684. The van der Waals surface area contributed by atoms with Gasteiger partial charge in [-0.05, 0) is 17.2 Å². The van der Waals surface area contributed by atoms with Crippen LogP contribution in [0.3, 0.4) is 0 Å². The lowest BCUT2D eigenvalue weighted by molar-refractivity contribution is -0.145. The number of alkyl carbamates (subject to hydrolysis) is 1. The number of nitrogens with one attached hydrogen (secondary N) is 3. The van der Waals surface area contributed by atoms with Gasteiger partial charge in [0.25, 0.3) is 0 Å². The summed E-state index contributed by atoms with van der Waals surface area (Å²) in [5, 5.41) is 6.08. The number of amides is 2. The number of ether oxygens (including phenoxy) is 2. The summed E-state index contributed by atoms with van der Waals surface area (Å²) in [6, 6.07) is 14.9. The first-order chi connectivity index (χ1) is 15.5. The van der Waals surface area contributed by atoms with E-state index in [0.29, 0.717) is 0 Å². The highest BCUT2D eigenvalue weighted by Gasteiger charge is 2.28. The second-order valence-corrected chi connectivity index (χ2v) is 7.45. The number of thiol groups is 1. The Balaban J connectivity index is 1.62. The molecule has 0 aliphatic rings. The number of carbonyl (C=O) groups excluding carboxylic acids is 3. The molecule has 9 heteroatoms. The van der Waals surface area contributed by atoms with Crippen LogP contribution in [0.4, 0.5) is 4.79 Å². The molecule has 3 rings (SSSR count). The second-order valence-electron chi connectivity index (χ2n) is 7.09. The lowest BCUT2D eigenvalue weighted by atomic mass is 10.0. The van der Waals surface area contributed by atoms with Crippen LogP contribution < -0.4 is 10.6 Å². The minimum atomic E-state index is -0.989. The highest BCUT2D eigenvalue weighted by molar-refractivity contribution is 7.80. The van der Waals surface area contributed by atoms with Crippen LogP contribution in [0, 0.1) is 0 Å². The molecular formula is C23H25N3O5S. The van der Waals surface area contributed by atoms with Gasteiger partial charge < -0.3 is 25.1 Å². The van der Waals surface area contributed by atoms with E-state index in [4.69, 9.17) is 9.47 Å². The van der Waals surface area contributed by atoms with Crippen LogP contribution >= 0.6 is 12.6 Å². The minimum Gasteiger partial charge on any atom is -0.467 e. The number of carbonyl (C=O) groups is 3. The third kappa shape index (κ3) is 6.04. The summed E-state index contributed by atoms with van der Waals surface area (Å²) >= 11 is 4.15. The Labute approximate surface area is 191 Å². The summed E-state index contributed by atoms with van der Waals surface area (Å²) in [5.74, 6) is -1.13. The molecule has 0 aliphatic heterocycles. The fourth-order valence-corrected chi connectivity index (χ4v) is 3.49. The molecule has 0 aliphatic carbocycles. The van der Waals surface area contributed by atoms with Crippen molar-refractivity contribution in [3.63, 3.8) is 0 Å². The molecule has 3 aromatic rings. The predicted octanol–water partition coefficient (Wildman–Crippen LogP) is 2.59. The minimum absolute atomic E-state index is 0.0211. The smallest absolute Gasteiger partial charge is 0.408 e. The van der Waals surface area contributed by atoms with Crippen molar-refractivity contribution >= 4 is 41.5 Å². The first-order valence-corrected chi connectivity index (χ1v) is 10.7. The number of rotatable bonds is 9. The highest BCUT2D eigenvalue weighted by Crippen LogP contribution is 2.19. The zero-order chi connectivity index (χ0) is 22.9. The van der Waals surface area contributed by atoms with Gasteiger partial charge in [-0.1, -0.05) is 48.5 Å². The number of H-pyrrole nitrogens is 1. The van der Waals surface area contributed by atoms with Crippen molar-refractivity contribution in [1.29, 1.82) is 0 Å². The number of hydrogen-bond acceptors (Lipinski definition) is 6. The van der Waals surface area contributed by atoms with Gasteiger partial charge in [0.05, 0.1) is 7.11 Å². The van der Waals surface area contributed by atoms with E-state index < -0.39 is 30.1 Å². The van der Waals surface area contributed by atoms with Crippen molar-refractivity contribution in [2.75, 3.05) is 12.9 Å². The molecule has 168 valence electrons. The summed E-state index contributed by atoms with van der Waals surface area (Å²) < 4.78 is 10.0. The van der Waals surface area contributed by atoms with Crippen LogP contribution in [0.1, 0.15) is 11.1 Å².